The Morgan fingerprint density at radius 2 is 1.68 bits per heavy atom. The van der Waals surface area contributed by atoms with Gasteiger partial charge in [0.05, 0.1) is 0 Å². The zero-order valence-electron chi connectivity index (χ0n) is 15.2. The molecule has 5 aliphatic carbocycles. The van der Waals surface area contributed by atoms with Gasteiger partial charge in [-0.05, 0) is 90.8 Å². The van der Waals surface area contributed by atoms with E-state index in [9.17, 15) is 5.11 Å². The van der Waals surface area contributed by atoms with Crippen LogP contribution in [0.5, 0.6) is 0 Å². The van der Waals surface area contributed by atoms with Gasteiger partial charge in [0, 0.05) is 6.61 Å². The molecule has 5 saturated carbocycles. The molecule has 22 heavy (non-hydrogen) atoms. The number of fused-ring (bicyclic) bond motifs is 3. The Balaban J connectivity index is 1.75. The van der Waals surface area contributed by atoms with Crippen LogP contribution in [0.4, 0.5) is 0 Å². The van der Waals surface area contributed by atoms with Crippen molar-refractivity contribution in [2.24, 2.45) is 45.8 Å². The topological polar surface area (TPSA) is 20.2 Å². The molecule has 0 heterocycles. The second-order valence-corrected chi connectivity index (χ2v) is 10.2. The second-order valence-electron chi connectivity index (χ2n) is 10.2. The van der Waals surface area contributed by atoms with Crippen LogP contribution >= 0.6 is 0 Å². The number of aliphatic hydroxyl groups excluding tert-OH is 1. The maximum atomic E-state index is 10.1. The predicted octanol–water partition coefficient (Wildman–Crippen LogP) is 5.27. The smallest absolute Gasteiger partial charge is 0.0487 e. The van der Waals surface area contributed by atoms with Crippen molar-refractivity contribution in [1.82, 2.24) is 0 Å². The summed E-state index contributed by atoms with van der Waals surface area (Å²) in [5.74, 6) is 4.55. The van der Waals surface area contributed by atoms with E-state index in [0.29, 0.717) is 17.4 Å². The van der Waals surface area contributed by atoms with Crippen molar-refractivity contribution in [3.05, 3.63) is 0 Å². The molecule has 1 spiro atoms. The monoisotopic (exact) mass is 304 g/mol. The van der Waals surface area contributed by atoms with Crippen LogP contribution in [0, 0.1) is 45.8 Å². The lowest BCUT2D eigenvalue weighted by Gasteiger charge is -2.71. The lowest BCUT2D eigenvalue weighted by molar-refractivity contribution is -0.221. The van der Waals surface area contributed by atoms with Crippen LogP contribution in [0.3, 0.4) is 0 Å². The first kappa shape index (κ1) is 15.5. The Morgan fingerprint density at radius 1 is 0.955 bits per heavy atom. The molecule has 0 aliphatic heterocycles. The van der Waals surface area contributed by atoms with E-state index < -0.39 is 0 Å². The summed E-state index contributed by atoms with van der Waals surface area (Å²) in [4.78, 5) is 0. The van der Waals surface area contributed by atoms with Gasteiger partial charge in [0.1, 0.15) is 0 Å². The van der Waals surface area contributed by atoms with Crippen LogP contribution in [-0.2, 0) is 0 Å². The zero-order valence-corrected chi connectivity index (χ0v) is 15.2. The summed E-state index contributed by atoms with van der Waals surface area (Å²) < 4.78 is 0. The van der Waals surface area contributed by atoms with Gasteiger partial charge in [0.25, 0.3) is 0 Å². The van der Waals surface area contributed by atoms with Crippen LogP contribution in [0.15, 0.2) is 0 Å². The SMILES string of the molecule is CC1C2CCC3(CCC4C(C)(CO)CCCC4(C)C3C2)C1C. The van der Waals surface area contributed by atoms with Gasteiger partial charge < -0.3 is 5.11 Å². The maximum Gasteiger partial charge on any atom is 0.0487 e. The highest BCUT2D eigenvalue weighted by Crippen LogP contribution is 2.73. The van der Waals surface area contributed by atoms with E-state index in [-0.39, 0.29) is 5.41 Å². The second kappa shape index (κ2) is 4.74. The van der Waals surface area contributed by atoms with Gasteiger partial charge in [-0.25, -0.2) is 0 Å². The number of rotatable bonds is 1. The first-order valence-corrected chi connectivity index (χ1v) is 9.98. The maximum absolute atomic E-state index is 10.1. The molecular formula is C21H36O. The Labute approximate surface area is 137 Å². The normalized spacial score (nSPS) is 60.7. The van der Waals surface area contributed by atoms with E-state index in [1.165, 1.54) is 51.4 Å². The molecule has 5 aliphatic rings. The lowest BCUT2D eigenvalue weighted by atomic mass is 9.34. The minimum absolute atomic E-state index is 0.195. The molecule has 2 bridgehead atoms. The molecule has 0 radical (unpaired) electrons. The van der Waals surface area contributed by atoms with Crippen LogP contribution < -0.4 is 0 Å². The van der Waals surface area contributed by atoms with Crippen molar-refractivity contribution in [2.75, 3.05) is 6.61 Å². The van der Waals surface area contributed by atoms with Crippen molar-refractivity contribution < 1.29 is 5.11 Å². The first-order chi connectivity index (χ1) is 10.4. The number of hydrogen-bond donors (Lipinski definition) is 1. The molecule has 0 aromatic heterocycles. The van der Waals surface area contributed by atoms with Gasteiger partial charge in [-0.2, -0.15) is 0 Å². The largest absolute Gasteiger partial charge is 0.396 e. The summed E-state index contributed by atoms with van der Waals surface area (Å²) in [5.41, 5.74) is 1.34. The quantitative estimate of drug-likeness (QED) is 0.699. The molecule has 1 nitrogen and oxygen atoms in total. The highest BCUT2D eigenvalue weighted by atomic mass is 16.3. The van der Waals surface area contributed by atoms with E-state index >= 15 is 0 Å². The van der Waals surface area contributed by atoms with Gasteiger partial charge in [-0.3, -0.25) is 0 Å². The van der Waals surface area contributed by atoms with E-state index in [2.05, 4.69) is 27.7 Å². The molecule has 0 saturated heterocycles. The van der Waals surface area contributed by atoms with Crippen LogP contribution in [0.2, 0.25) is 0 Å². The molecule has 5 rings (SSSR count). The Bertz CT molecular complexity index is 459. The standard InChI is InChI=1S/C21H36O/c1-14-15(2)21-10-6-16(14)12-18(21)20(4)9-5-8-19(3,13-22)17(20)7-11-21/h14-18,22H,5-13H2,1-4H3. The molecule has 5 fully saturated rings. The molecule has 1 N–H and O–H groups in total. The van der Waals surface area contributed by atoms with E-state index in [4.69, 9.17) is 0 Å². The minimum atomic E-state index is 0.195. The van der Waals surface area contributed by atoms with E-state index in [1.54, 1.807) is 0 Å². The van der Waals surface area contributed by atoms with Crippen molar-refractivity contribution in [2.45, 2.75) is 79.1 Å². The average Bonchev–Trinajstić information content (AvgIpc) is 2.51. The van der Waals surface area contributed by atoms with Crippen molar-refractivity contribution in [3.8, 4) is 0 Å². The Morgan fingerprint density at radius 3 is 2.41 bits per heavy atom. The summed E-state index contributed by atoms with van der Waals surface area (Å²) in [6.45, 7) is 10.6. The summed E-state index contributed by atoms with van der Waals surface area (Å²) >= 11 is 0. The van der Waals surface area contributed by atoms with E-state index in [0.717, 1.165) is 29.6 Å². The summed E-state index contributed by atoms with van der Waals surface area (Å²) in [7, 11) is 0. The molecule has 0 aromatic carbocycles. The van der Waals surface area contributed by atoms with Crippen molar-refractivity contribution >= 4 is 0 Å². The number of hydrogen-bond acceptors (Lipinski definition) is 1. The van der Waals surface area contributed by atoms with Crippen molar-refractivity contribution in [1.29, 1.82) is 0 Å². The van der Waals surface area contributed by atoms with Crippen molar-refractivity contribution in [3.63, 3.8) is 0 Å². The third-order valence-electron chi connectivity index (χ3n) is 9.81. The lowest BCUT2D eigenvalue weighted by Crippen LogP contribution is -2.63. The highest BCUT2D eigenvalue weighted by Gasteiger charge is 2.65. The zero-order chi connectivity index (χ0) is 15.8. The molecule has 126 valence electrons. The van der Waals surface area contributed by atoms with E-state index in [1.807, 2.05) is 0 Å². The molecule has 8 unspecified atom stereocenters. The van der Waals surface area contributed by atoms with Crippen LogP contribution in [0.25, 0.3) is 0 Å². The molecule has 1 heteroatoms. The van der Waals surface area contributed by atoms with Gasteiger partial charge in [0.15, 0.2) is 0 Å². The van der Waals surface area contributed by atoms with Gasteiger partial charge in [-0.15, -0.1) is 0 Å². The van der Waals surface area contributed by atoms with Crippen LogP contribution in [0.1, 0.15) is 79.1 Å². The summed E-state index contributed by atoms with van der Waals surface area (Å²) in [6, 6.07) is 0. The molecular weight excluding hydrogens is 268 g/mol. The molecule has 0 amide bonds. The van der Waals surface area contributed by atoms with Gasteiger partial charge in [0.2, 0.25) is 0 Å². The fraction of sp³-hybridized carbons (Fsp3) is 1.00. The highest BCUT2D eigenvalue weighted by molar-refractivity contribution is 5.14. The Kier molecular flexibility index (Phi) is 3.34. The average molecular weight is 305 g/mol. The predicted molar refractivity (Wildman–Crippen MR) is 91.5 cm³/mol. The van der Waals surface area contributed by atoms with Gasteiger partial charge >= 0.3 is 0 Å². The number of aliphatic hydroxyl groups is 1. The first-order valence-electron chi connectivity index (χ1n) is 9.98. The fourth-order valence-electron chi connectivity index (χ4n) is 8.41. The third kappa shape index (κ3) is 1.70. The van der Waals surface area contributed by atoms with Gasteiger partial charge in [-0.1, -0.05) is 34.1 Å². The minimum Gasteiger partial charge on any atom is -0.396 e. The summed E-state index contributed by atoms with van der Waals surface area (Å²) in [5, 5.41) is 10.1. The summed E-state index contributed by atoms with van der Waals surface area (Å²) in [6.07, 6.45) is 11.3. The molecule has 8 atom stereocenters. The third-order valence-corrected chi connectivity index (χ3v) is 9.81. The fourth-order valence-corrected chi connectivity index (χ4v) is 8.41. The molecule has 0 aromatic rings. The van der Waals surface area contributed by atoms with Crippen LogP contribution in [-0.4, -0.2) is 11.7 Å². The Hall–Kier alpha value is -0.0400.